The van der Waals surface area contributed by atoms with Crippen LogP contribution in [0, 0.1) is 5.41 Å². The molecule has 2 aromatic carbocycles. The number of carbonyl (C=O) groups excluding carboxylic acids is 2. The van der Waals surface area contributed by atoms with Crippen molar-refractivity contribution < 1.29 is 36.3 Å². The fourth-order valence-corrected chi connectivity index (χ4v) is 4.85. The Morgan fingerprint density at radius 2 is 1.85 bits per heavy atom. The molecule has 1 saturated carbocycles. The summed E-state index contributed by atoms with van der Waals surface area (Å²) in [7, 11) is 0. The van der Waals surface area contributed by atoms with Crippen LogP contribution in [0.25, 0.3) is 16.8 Å². The SMILES string of the molecule is CCNC(=N)N(C(=O)c1ccc(-c2cnn(C(F)F)c2)cc1)[C@H](COC(=O)N[C@H]1C[C@H]1F)c1ccc(Cl)c(-n2ncnc2C(F)F)c1. The van der Waals surface area contributed by atoms with Crippen LogP contribution in [0.5, 0.6) is 0 Å². The highest BCUT2D eigenvalue weighted by atomic mass is 35.5. The van der Waals surface area contributed by atoms with Gasteiger partial charge in [-0.05, 0) is 42.3 Å². The van der Waals surface area contributed by atoms with Gasteiger partial charge in [0.15, 0.2) is 11.8 Å². The lowest BCUT2D eigenvalue weighted by Gasteiger charge is -2.32. The lowest BCUT2D eigenvalue weighted by Crippen LogP contribution is -2.48. The Bertz CT molecular complexity index is 1750. The number of rotatable bonds is 11. The monoisotopic (exact) mass is 679 g/mol. The topological polar surface area (TPSA) is 143 Å². The predicted octanol–water partition coefficient (Wildman–Crippen LogP) is 5.68. The molecule has 1 aliphatic carbocycles. The number of carbonyl (C=O) groups is 2. The van der Waals surface area contributed by atoms with Crippen LogP contribution in [-0.4, -0.2) is 72.8 Å². The third-order valence-electron chi connectivity index (χ3n) is 7.12. The molecule has 1 fully saturated rings. The minimum atomic E-state index is -3.01. The van der Waals surface area contributed by atoms with E-state index in [0.717, 1.165) is 22.1 Å². The molecule has 12 nitrogen and oxygen atoms in total. The predicted molar refractivity (Wildman–Crippen MR) is 158 cm³/mol. The van der Waals surface area contributed by atoms with E-state index in [-0.39, 0.29) is 34.8 Å². The lowest BCUT2D eigenvalue weighted by molar-refractivity contribution is 0.0566. The van der Waals surface area contributed by atoms with Crippen molar-refractivity contribution in [2.45, 2.75) is 44.6 Å². The van der Waals surface area contributed by atoms with Gasteiger partial charge in [-0.2, -0.15) is 19.0 Å². The van der Waals surface area contributed by atoms with Gasteiger partial charge >= 0.3 is 12.6 Å². The van der Waals surface area contributed by atoms with E-state index in [1.54, 1.807) is 6.92 Å². The first-order valence-electron chi connectivity index (χ1n) is 14.1. The molecule has 0 saturated heterocycles. The first kappa shape index (κ1) is 33.3. The summed E-state index contributed by atoms with van der Waals surface area (Å²) in [6.07, 6.45) is -1.75. The molecule has 47 heavy (non-hydrogen) atoms. The van der Waals surface area contributed by atoms with Crippen LogP contribution < -0.4 is 10.6 Å². The largest absolute Gasteiger partial charge is 0.447 e. The maximum atomic E-state index is 14.1. The molecule has 0 unspecified atom stereocenters. The second-order valence-electron chi connectivity index (χ2n) is 10.3. The van der Waals surface area contributed by atoms with E-state index in [0.29, 0.717) is 15.8 Å². The van der Waals surface area contributed by atoms with E-state index in [2.05, 4.69) is 25.8 Å². The molecule has 2 amide bonds. The molecule has 248 valence electrons. The average molecular weight is 680 g/mol. The van der Waals surface area contributed by atoms with E-state index in [1.807, 2.05) is 0 Å². The first-order chi connectivity index (χ1) is 22.5. The molecule has 0 aliphatic heterocycles. The number of guanidine groups is 1. The Morgan fingerprint density at radius 3 is 2.47 bits per heavy atom. The van der Waals surface area contributed by atoms with Gasteiger partial charge in [0.1, 0.15) is 19.1 Å². The zero-order chi connectivity index (χ0) is 33.8. The van der Waals surface area contributed by atoms with Crippen molar-refractivity contribution in [3.63, 3.8) is 0 Å². The minimum absolute atomic E-state index is 0.00618. The normalized spacial score (nSPS) is 16.2. The number of nitrogens with one attached hydrogen (secondary N) is 3. The van der Waals surface area contributed by atoms with E-state index in [4.69, 9.17) is 21.7 Å². The highest BCUT2D eigenvalue weighted by Gasteiger charge is 2.39. The van der Waals surface area contributed by atoms with E-state index >= 15 is 0 Å². The zero-order valence-electron chi connectivity index (χ0n) is 24.5. The van der Waals surface area contributed by atoms with Gasteiger partial charge in [0.05, 0.1) is 29.0 Å². The maximum absolute atomic E-state index is 14.1. The Hall–Kier alpha value is -5.06. The molecule has 4 aromatic rings. The van der Waals surface area contributed by atoms with Gasteiger partial charge in [-0.15, -0.1) is 0 Å². The summed E-state index contributed by atoms with van der Waals surface area (Å²) < 4.78 is 73.5. The Kier molecular flexibility index (Phi) is 10.0. The van der Waals surface area contributed by atoms with Crippen LogP contribution in [0.3, 0.4) is 0 Å². The fraction of sp³-hybridized carbons (Fsp3) is 0.310. The van der Waals surface area contributed by atoms with Crippen LogP contribution in [0.15, 0.2) is 61.2 Å². The fourth-order valence-electron chi connectivity index (χ4n) is 4.65. The third-order valence-corrected chi connectivity index (χ3v) is 7.44. The standard InChI is InChI=1S/C29H27ClF5N9O3/c1-2-37-28(36)43(26(45)16-5-3-15(4-6-16)18-11-39-42(12-18)27(34)35)23(13-47-29(46)41-21-10-20(21)31)17-7-8-19(30)22(9-17)44-25(24(32)33)38-14-40-44/h3-9,11-12,14,20-21,23-24,27H,2,10,13H2,1H3,(H2,36,37)(H,41,46)/t20-,21+,23-/m1/s1. The molecule has 3 N–H and O–H groups in total. The smallest absolute Gasteiger partial charge is 0.407 e. The van der Waals surface area contributed by atoms with Crippen LogP contribution in [0.2, 0.25) is 5.02 Å². The molecule has 0 radical (unpaired) electrons. The summed E-state index contributed by atoms with van der Waals surface area (Å²) in [5, 5.41) is 21.3. The Balaban J connectivity index is 1.52. The van der Waals surface area contributed by atoms with Gasteiger partial charge < -0.3 is 15.4 Å². The average Bonchev–Trinajstić information content (AvgIpc) is 3.43. The van der Waals surface area contributed by atoms with Gasteiger partial charge in [0, 0.05) is 30.3 Å². The number of halogens is 6. The zero-order valence-corrected chi connectivity index (χ0v) is 25.2. The summed E-state index contributed by atoms with van der Waals surface area (Å²) >= 11 is 6.36. The quantitative estimate of drug-likeness (QED) is 0.105. The van der Waals surface area contributed by atoms with E-state index < -0.39 is 61.6 Å². The van der Waals surface area contributed by atoms with Crippen molar-refractivity contribution >= 4 is 29.6 Å². The summed E-state index contributed by atoms with van der Waals surface area (Å²) in [6.45, 7) is -1.49. The van der Waals surface area contributed by atoms with Crippen LogP contribution in [0.1, 0.15) is 54.1 Å². The second-order valence-corrected chi connectivity index (χ2v) is 10.7. The molecule has 2 aromatic heterocycles. The molecular weight excluding hydrogens is 653 g/mol. The van der Waals surface area contributed by atoms with E-state index in [9.17, 15) is 31.5 Å². The third kappa shape index (κ3) is 7.51. The highest BCUT2D eigenvalue weighted by molar-refractivity contribution is 6.32. The van der Waals surface area contributed by atoms with Crippen LogP contribution in [0.4, 0.5) is 26.7 Å². The van der Waals surface area contributed by atoms with Gasteiger partial charge in [0.2, 0.25) is 0 Å². The van der Waals surface area contributed by atoms with E-state index in [1.165, 1.54) is 48.7 Å². The summed E-state index contributed by atoms with van der Waals surface area (Å²) in [5.41, 5.74) is 1.09. The molecule has 0 bridgehead atoms. The molecule has 3 atom stereocenters. The van der Waals surface area contributed by atoms with Crippen LogP contribution in [-0.2, 0) is 4.74 Å². The number of hydrogen-bond donors (Lipinski definition) is 3. The molecule has 1 aliphatic rings. The lowest BCUT2D eigenvalue weighted by atomic mass is 10.0. The summed E-state index contributed by atoms with van der Waals surface area (Å²) in [4.78, 5) is 31.2. The second kappa shape index (κ2) is 14.1. The van der Waals surface area contributed by atoms with Gasteiger partial charge in [-0.3, -0.25) is 15.1 Å². The number of benzene rings is 2. The summed E-state index contributed by atoms with van der Waals surface area (Å²) in [5.74, 6) is -1.84. The van der Waals surface area contributed by atoms with Crippen molar-refractivity contribution in [1.29, 1.82) is 5.41 Å². The van der Waals surface area contributed by atoms with Crippen molar-refractivity contribution in [3.8, 4) is 16.8 Å². The number of nitrogens with zero attached hydrogens (tertiary/aromatic N) is 6. The Morgan fingerprint density at radius 1 is 1.13 bits per heavy atom. The highest BCUT2D eigenvalue weighted by Crippen LogP contribution is 2.32. The van der Waals surface area contributed by atoms with Crippen LogP contribution >= 0.6 is 11.6 Å². The maximum Gasteiger partial charge on any atom is 0.407 e. The molecule has 2 heterocycles. The number of alkyl carbamates (subject to hydrolysis) is 1. The number of alkyl halides is 5. The number of hydrogen-bond acceptors (Lipinski definition) is 7. The van der Waals surface area contributed by atoms with Crippen molar-refractivity contribution in [3.05, 3.63) is 83.2 Å². The molecular formula is C29H27ClF5N9O3. The molecule has 5 rings (SSSR count). The number of ether oxygens (including phenoxy) is 1. The van der Waals surface area contributed by atoms with Crippen molar-refractivity contribution in [2.24, 2.45) is 0 Å². The number of amides is 2. The van der Waals surface area contributed by atoms with Gasteiger partial charge in [-0.25, -0.2) is 32.3 Å². The van der Waals surface area contributed by atoms with Crippen molar-refractivity contribution in [1.82, 2.24) is 40.1 Å². The molecule has 0 spiro atoms. The number of aromatic nitrogens is 5. The van der Waals surface area contributed by atoms with Crippen molar-refractivity contribution in [2.75, 3.05) is 13.2 Å². The summed E-state index contributed by atoms with van der Waals surface area (Å²) in [6, 6.07) is 8.05. The first-order valence-corrected chi connectivity index (χ1v) is 14.5. The van der Waals surface area contributed by atoms with Gasteiger partial charge in [-0.1, -0.05) is 29.8 Å². The minimum Gasteiger partial charge on any atom is -0.447 e. The molecule has 18 heteroatoms. The van der Waals surface area contributed by atoms with Gasteiger partial charge in [0.25, 0.3) is 12.3 Å². The Labute approximate surface area is 269 Å².